The highest BCUT2D eigenvalue weighted by Gasteiger charge is 2.05. The van der Waals surface area contributed by atoms with Crippen molar-refractivity contribution in [1.82, 2.24) is 15.6 Å². The molecule has 0 bridgehead atoms. The number of benzene rings is 1. The highest BCUT2D eigenvalue weighted by atomic mass is 32.1. The summed E-state index contributed by atoms with van der Waals surface area (Å²) in [6.45, 7) is 6.36. The van der Waals surface area contributed by atoms with E-state index in [0.29, 0.717) is 12.3 Å². The molecular formula is C19H28N4O2S. The zero-order valence-corrected chi connectivity index (χ0v) is 16.8. The van der Waals surface area contributed by atoms with E-state index in [1.54, 1.807) is 25.6 Å². The van der Waals surface area contributed by atoms with E-state index in [1.807, 2.05) is 18.2 Å². The largest absolute Gasteiger partial charge is 0.493 e. The second-order valence-corrected chi connectivity index (χ2v) is 6.59. The van der Waals surface area contributed by atoms with Gasteiger partial charge in [0.1, 0.15) is 0 Å². The summed E-state index contributed by atoms with van der Waals surface area (Å²) in [5, 5.41) is 9.96. The summed E-state index contributed by atoms with van der Waals surface area (Å²) in [7, 11) is 3.27. The lowest BCUT2D eigenvalue weighted by molar-refractivity contribution is 0.354. The Hall–Kier alpha value is -2.28. The van der Waals surface area contributed by atoms with Crippen molar-refractivity contribution >= 4 is 17.3 Å². The molecule has 0 aliphatic carbocycles. The van der Waals surface area contributed by atoms with Crippen molar-refractivity contribution < 1.29 is 9.47 Å². The van der Waals surface area contributed by atoms with Crippen molar-refractivity contribution in [3.05, 3.63) is 39.8 Å². The number of methoxy groups -OCH3 is 2. The van der Waals surface area contributed by atoms with Crippen molar-refractivity contribution in [3.63, 3.8) is 0 Å². The lowest BCUT2D eigenvalue weighted by Gasteiger charge is -2.12. The quantitative estimate of drug-likeness (QED) is 0.520. The summed E-state index contributed by atoms with van der Waals surface area (Å²) in [6.07, 6.45) is 1.88. The van der Waals surface area contributed by atoms with Gasteiger partial charge in [-0.1, -0.05) is 13.0 Å². The first-order valence-corrected chi connectivity index (χ1v) is 9.74. The minimum Gasteiger partial charge on any atom is -0.493 e. The molecule has 26 heavy (non-hydrogen) atoms. The maximum atomic E-state index is 5.35. The maximum absolute atomic E-state index is 5.35. The van der Waals surface area contributed by atoms with Gasteiger partial charge in [0, 0.05) is 24.9 Å². The maximum Gasteiger partial charge on any atom is 0.191 e. The topological polar surface area (TPSA) is 67.8 Å². The number of ether oxygens (including phenoxy) is 2. The average Bonchev–Trinajstić information content (AvgIpc) is 3.13. The molecule has 6 nitrogen and oxygen atoms in total. The highest BCUT2D eigenvalue weighted by molar-refractivity contribution is 7.09. The Morgan fingerprint density at radius 1 is 1.15 bits per heavy atom. The molecule has 0 saturated carbocycles. The zero-order chi connectivity index (χ0) is 18.8. The first-order valence-electron chi connectivity index (χ1n) is 8.86. The molecule has 1 aromatic heterocycles. The fourth-order valence-corrected chi connectivity index (χ4v) is 3.21. The molecule has 0 unspecified atom stereocenters. The molecule has 1 heterocycles. The van der Waals surface area contributed by atoms with Gasteiger partial charge in [-0.3, -0.25) is 0 Å². The van der Waals surface area contributed by atoms with Gasteiger partial charge in [0.2, 0.25) is 0 Å². The molecule has 1 aromatic carbocycles. The van der Waals surface area contributed by atoms with Crippen LogP contribution in [0.3, 0.4) is 0 Å². The summed E-state index contributed by atoms with van der Waals surface area (Å²) < 4.78 is 10.6. The van der Waals surface area contributed by atoms with E-state index in [9.17, 15) is 0 Å². The smallest absolute Gasteiger partial charge is 0.191 e. The van der Waals surface area contributed by atoms with Gasteiger partial charge in [-0.25, -0.2) is 9.98 Å². The molecule has 0 radical (unpaired) electrons. The van der Waals surface area contributed by atoms with Crippen LogP contribution in [0.2, 0.25) is 0 Å². The predicted octanol–water partition coefficient (Wildman–Crippen LogP) is 3.02. The Kier molecular flexibility index (Phi) is 8.21. The van der Waals surface area contributed by atoms with Crippen LogP contribution in [-0.4, -0.2) is 38.3 Å². The summed E-state index contributed by atoms with van der Waals surface area (Å²) in [4.78, 5) is 9.24. The van der Waals surface area contributed by atoms with E-state index >= 15 is 0 Å². The molecule has 2 aromatic rings. The second kappa shape index (κ2) is 10.7. The third-order valence-electron chi connectivity index (χ3n) is 3.79. The Balaban J connectivity index is 1.93. The minimum atomic E-state index is 0.562. The van der Waals surface area contributed by atoms with Gasteiger partial charge in [0.05, 0.1) is 31.5 Å². The van der Waals surface area contributed by atoms with E-state index in [4.69, 9.17) is 9.47 Å². The zero-order valence-electron chi connectivity index (χ0n) is 16.0. The SMILES string of the molecule is CCNC(=NCc1ccc(OC)c(OC)c1)NCCc1csc(CC)n1. The van der Waals surface area contributed by atoms with Crippen LogP contribution in [0.15, 0.2) is 28.6 Å². The van der Waals surface area contributed by atoms with Gasteiger partial charge >= 0.3 is 0 Å². The number of nitrogens with zero attached hydrogens (tertiary/aromatic N) is 2. The monoisotopic (exact) mass is 376 g/mol. The number of aryl methyl sites for hydroxylation is 1. The third-order valence-corrected chi connectivity index (χ3v) is 4.83. The molecule has 0 aliphatic rings. The van der Waals surface area contributed by atoms with E-state index in [-0.39, 0.29) is 0 Å². The second-order valence-electron chi connectivity index (χ2n) is 5.65. The molecule has 0 fully saturated rings. The molecule has 0 saturated heterocycles. The molecular weight excluding hydrogens is 348 g/mol. The Morgan fingerprint density at radius 2 is 1.96 bits per heavy atom. The third kappa shape index (κ3) is 5.91. The van der Waals surface area contributed by atoms with Crippen LogP contribution in [0.25, 0.3) is 0 Å². The van der Waals surface area contributed by atoms with Gasteiger partial charge in [-0.05, 0) is 31.0 Å². The molecule has 2 rings (SSSR count). The van der Waals surface area contributed by atoms with Gasteiger partial charge in [-0.15, -0.1) is 11.3 Å². The van der Waals surface area contributed by atoms with Crippen LogP contribution >= 0.6 is 11.3 Å². The van der Waals surface area contributed by atoms with Gasteiger partial charge in [-0.2, -0.15) is 0 Å². The van der Waals surface area contributed by atoms with Crippen LogP contribution in [-0.2, 0) is 19.4 Å². The number of thiazole rings is 1. The lowest BCUT2D eigenvalue weighted by atomic mass is 10.2. The van der Waals surface area contributed by atoms with Crippen LogP contribution in [0, 0.1) is 0 Å². The number of aliphatic imine (C=N–C) groups is 1. The minimum absolute atomic E-state index is 0.562. The van der Waals surface area contributed by atoms with Gasteiger partial charge in [0.25, 0.3) is 0 Å². The van der Waals surface area contributed by atoms with Crippen LogP contribution in [0.4, 0.5) is 0 Å². The number of hydrogen-bond acceptors (Lipinski definition) is 5. The Labute approximate surface area is 159 Å². The molecule has 0 aliphatic heterocycles. The summed E-state index contributed by atoms with van der Waals surface area (Å²) in [5.74, 6) is 2.24. The molecule has 2 N–H and O–H groups in total. The Morgan fingerprint density at radius 3 is 2.62 bits per heavy atom. The van der Waals surface area contributed by atoms with Crippen LogP contribution < -0.4 is 20.1 Å². The van der Waals surface area contributed by atoms with Crippen molar-refractivity contribution in [3.8, 4) is 11.5 Å². The van der Waals surface area contributed by atoms with Crippen molar-refractivity contribution in [2.24, 2.45) is 4.99 Å². The number of hydrogen-bond donors (Lipinski definition) is 2. The van der Waals surface area contributed by atoms with Gasteiger partial charge in [0.15, 0.2) is 17.5 Å². The molecule has 0 atom stereocenters. The summed E-state index contributed by atoms with van der Waals surface area (Å²) in [6, 6.07) is 5.85. The molecule has 0 amide bonds. The van der Waals surface area contributed by atoms with E-state index in [1.165, 1.54) is 5.01 Å². The summed E-state index contributed by atoms with van der Waals surface area (Å²) in [5.41, 5.74) is 2.20. The fourth-order valence-electron chi connectivity index (χ4n) is 2.43. The van der Waals surface area contributed by atoms with E-state index in [0.717, 1.165) is 48.9 Å². The van der Waals surface area contributed by atoms with Crippen molar-refractivity contribution in [1.29, 1.82) is 0 Å². The number of guanidine groups is 1. The first kappa shape index (κ1) is 20.0. The van der Waals surface area contributed by atoms with Crippen molar-refractivity contribution in [2.75, 3.05) is 27.3 Å². The molecule has 142 valence electrons. The van der Waals surface area contributed by atoms with Crippen molar-refractivity contribution in [2.45, 2.75) is 33.2 Å². The number of rotatable bonds is 9. The predicted molar refractivity (Wildman–Crippen MR) is 108 cm³/mol. The average molecular weight is 377 g/mol. The van der Waals surface area contributed by atoms with Crippen LogP contribution in [0.5, 0.6) is 11.5 Å². The highest BCUT2D eigenvalue weighted by Crippen LogP contribution is 2.27. The molecule has 7 heteroatoms. The lowest BCUT2D eigenvalue weighted by Crippen LogP contribution is -2.38. The molecule has 0 spiro atoms. The summed E-state index contributed by atoms with van der Waals surface area (Å²) >= 11 is 1.73. The number of aromatic nitrogens is 1. The number of nitrogens with one attached hydrogen (secondary N) is 2. The van der Waals surface area contributed by atoms with Gasteiger partial charge < -0.3 is 20.1 Å². The standard InChI is InChI=1S/C19H28N4O2S/c1-5-18-23-15(13-26-18)9-10-21-19(20-6-2)22-12-14-7-8-16(24-3)17(11-14)25-4/h7-8,11,13H,5-6,9-10,12H2,1-4H3,(H2,20,21,22). The fraction of sp³-hybridized carbons (Fsp3) is 0.474. The normalized spacial score (nSPS) is 11.3. The van der Waals surface area contributed by atoms with E-state index in [2.05, 4.69) is 39.8 Å². The Bertz CT molecular complexity index is 715. The van der Waals surface area contributed by atoms with Crippen LogP contribution in [0.1, 0.15) is 30.1 Å². The van der Waals surface area contributed by atoms with E-state index < -0.39 is 0 Å². The first-order chi connectivity index (χ1) is 12.7.